The van der Waals surface area contributed by atoms with E-state index in [2.05, 4.69) is 9.71 Å². The second-order valence-electron chi connectivity index (χ2n) is 10.1. The van der Waals surface area contributed by atoms with Gasteiger partial charge in [-0.15, -0.1) is 11.3 Å². The van der Waals surface area contributed by atoms with E-state index in [9.17, 15) is 39.9 Å². The summed E-state index contributed by atoms with van der Waals surface area (Å²) in [6.45, 7) is -0.141. The van der Waals surface area contributed by atoms with Crippen molar-refractivity contribution in [1.82, 2.24) is 9.71 Å². The first kappa shape index (κ1) is 33.7. The minimum atomic E-state index is -6.06. The molecule has 46 heavy (non-hydrogen) atoms. The minimum absolute atomic E-state index is 0.00605. The maximum atomic E-state index is 13.6. The molecule has 0 saturated heterocycles. The zero-order valence-electron chi connectivity index (χ0n) is 23.5. The highest BCUT2D eigenvalue weighted by molar-refractivity contribution is 7.89. The fourth-order valence-corrected chi connectivity index (χ4v) is 7.52. The number of nitrogens with zero attached hydrogens (tertiary/aromatic N) is 1. The van der Waals surface area contributed by atoms with Crippen LogP contribution in [0.4, 0.5) is 26.3 Å². The van der Waals surface area contributed by atoms with E-state index in [1.165, 1.54) is 37.4 Å². The Labute approximate surface area is 268 Å². The van der Waals surface area contributed by atoms with Crippen molar-refractivity contribution in [1.29, 1.82) is 0 Å². The van der Waals surface area contributed by atoms with Gasteiger partial charge in [0.1, 0.15) is 5.75 Å². The molecule has 0 aliphatic rings. The number of sulfonamides is 1. The van der Waals surface area contributed by atoms with Gasteiger partial charge in [0.05, 0.1) is 17.7 Å². The fraction of sp³-hybridized carbons (Fsp3) is 0.194. The van der Waals surface area contributed by atoms with Crippen LogP contribution < -0.4 is 9.46 Å². The van der Waals surface area contributed by atoms with E-state index in [0.717, 1.165) is 17.5 Å². The molecule has 2 aromatic heterocycles. The van der Waals surface area contributed by atoms with Crippen LogP contribution in [0.15, 0.2) is 96.0 Å². The first-order chi connectivity index (χ1) is 21.6. The molecule has 0 bridgehead atoms. The number of fused-ring (bicyclic) bond motifs is 1. The number of halogens is 7. The zero-order valence-corrected chi connectivity index (χ0v) is 25.9. The molecule has 5 rings (SSSR count). The largest absolute Gasteiger partial charge is 0.497 e. The van der Waals surface area contributed by atoms with Crippen molar-refractivity contribution in [2.75, 3.05) is 13.7 Å². The van der Waals surface area contributed by atoms with E-state index >= 15 is 0 Å². The van der Waals surface area contributed by atoms with Gasteiger partial charge in [0.2, 0.25) is 10.0 Å². The average molecular weight is 701 g/mol. The predicted octanol–water partition coefficient (Wildman–Crippen LogP) is 8.05. The Morgan fingerprint density at radius 2 is 1.61 bits per heavy atom. The van der Waals surface area contributed by atoms with Gasteiger partial charge in [-0.25, -0.2) is 13.1 Å². The van der Waals surface area contributed by atoms with Gasteiger partial charge in [-0.3, -0.25) is 4.98 Å². The molecule has 0 aliphatic carbocycles. The molecule has 3 aromatic carbocycles. The molecule has 242 valence electrons. The van der Waals surface area contributed by atoms with Gasteiger partial charge in [0.15, 0.2) is 0 Å². The highest BCUT2D eigenvalue weighted by Crippen LogP contribution is 2.50. The van der Waals surface area contributed by atoms with Crippen LogP contribution in [0.1, 0.15) is 21.9 Å². The summed E-state index contributed by atoms with van der Waals surface area (Å²) in [5.41, 5.74) is -6.01. The van der Waals surface area contributed by atoms with E-state index in [4.69, 9.17) is 16.3 Å². The summed E-state index contributed by atoms with van der Waals surface area (Å²) in [4.78, 5) is 4.61. The number of hydrogen-bond acceptors (Lipinski definition) is 6. The smallest absolute Gasteiger partial charge is 0.430 e. The number of alkyl halides is 6. The molecule has 0 amide bonds. The molecule has 0 saturated carbocycles. The highest BCUT2D eigenvalue weighted by atomic mass is 35.5. The number of hydrogen-bond donors (Lipinski definition) is 2. The lowest BCUT2D eigenvalue weighted by atomic mass is 9.91. The zero-order chi connectivity index (χ0) is 33.5. The molecule has 15 heteroatoms. The SMILES string of the molecule is COc1ccc(S(=O)(=O)NCC(c2cc3cccc(-c4cc(C(O)(C(F)(F)F)C(F)(F)F)ccn4)c3s2)c2ccccc2Cl)cc1. The van der Waals surface area contributed by atoms with Gasteiger partial charge in [-0.05, 0) is 59.5 Å². The number of nitrogens with one attached hydrogen (secondary N) is 1. The van der Waals surface area contributed by atoms with Crippen LogP contribution in [-0.4, -0.2) is 44.5 Å². The Balaban J connectivity index is 1.57. The predicted molar refractivity (Wildman–Crippen MR) is 163 cm³/mol. The topological polar surface area (TPSA) is 88.5 Å². The lowest BCUT2D eigenvalue weighted by Crippen LogP contribution is -2.53. The van der Waals surface area contributed by atoms with Crippen LogP contribution in [0.3, 0.4) is 0 Å². The molecule has 6 nitrogen and oxygen atoms in total. The van der Waals surface area contributed by atoms with Gasteiger partial charge in [-0.1, -0.05) is 48.0 Å². The number of benzene rings is 3. The maximum absolute atomic E-state index is 13.6. The Kier molecular flexibility index (Phi) is 9.14. The Morgan fingerprint density at radius 3 is 2.24 bits per heavy atom. The number of methoxy groups -OCH3 is 1. The van der Waals surface area contributed by atoms with Crippen molar-refractivity contribution in [2.24, 2.45) is 0 Å². The van der Waals surface area contributed by atoms with Crippen LogP contribution >= 0.6 is 22.9 Å². The third-order valence-electron chi connectivity index (χ3n) is 7.31. The number of aliphatic hydroxyl groups is 1. The summed E-state index contributed by atoms with van der Waals surface area (Å²) in [7, 11) is -2.55. The molecule has 5 aromatic rings. The molecule has 0 aliphatic heterocycles. The third-order valence-corrected chi connectivity index (χ3v) is 10.4. The number of rotatable bonds is 9. The van der Waals surface area contributed by atoms with Gasteiger partial charge in [0, 0.05) is 44.4 Å². The van der Waals surface area contributed by atoms with Gasteiger partial charge < -0.3 is 9.84 Å². The number of pyridine rings is 1. The Morgan fingerprint density at radius 1 is 0.935 bits per heavy atom. The summed E-state index contributed by atoms with van der Waals surface area (Å²) in [6.07, 6.45) is -11.4. The molecule has 1 atom stereocenters. The molecule has 2 heterocycles. The molecule has 0 radical (unpaired) electrons. The van der Waals surface area contributed by atoms with Crippen molar-refractivity contribution < 1.29 is 44.6 Å². The fourth-order valence-electron chi connectivity index (χ4n) is 4.90. The highest BCUT2D eigenvalue weighted by Gasteiger charge is 2.71. The van der Waals surface area contributed by atoms with E-state index in [-0.39, 0.29) is 22.7 Å². The number of ether oxygens (including phenoxy) is 1. The van der Waals surface area contributed by atoms with Crippen LogP contribution in [-0.2, 0) is 15.6 Å². The Bertz CT molecular complexity index is 1970. The van der Waals surface area contributed by atoms with E-state index in [1.54, 1.807) is 42.5 Å². The second-order valence-corrected chi connectivity index (χ2v) is 13.4. The lowest BCUT2D eigenvalue weighted by molar-refractivity contribution is -0.376. The summed E-state index contributed by atoms with van der Waals surface area (Å²) in [5.74, 6) is -0.178. The molecular formula is C31H23ClF6N2O4S2. The molecule has 1 unspecified atom stereocenters. The molecule has 2 N–H and O–H groups in total. The summed E-state index contributed by atoms with van der Waals surface area (Å²) < 4.78 is 116. The van der Waals surface area contributed by atoms with Crippen molar-refractivity contribution in [2.45, 2.75) is 28.8 Å². The van der Waals surface area contributed by atoms with Crippen LogP contribution in [0.5, 0.6) is 5.75 Å². The normalized spacial score (nSPS) is 13.6. The molecule has 0 spiro atoms. The monoisotopic (exact) mass is 700 g/mol. The van der Waals surface area contributed by atoms with Crippen LogP contribution in [0.2, 0.25) is 5.02 Å². The summed E-state index contributed by atoms with van der Waals surface area (Å²) in [5, 5.41) is 10.9. The first-order valence-electron chi connectivity index (χ1n) is 13.3. The quantitative estimate of drug-likeness (QED) is 0.152. The van der Waals surface area contributed by atoms with Crippen LogP contribution in [0, 0.1) is 0 Å². The number of aromatic nitrogens is 1. The second kappa shape index (κ2) is 12.5. The van der Waals surface area contributed by atoms with Gasteiger partial charge in [-0.2, -0.15) is 26.3 Å². The Hall–Kier alpha value is -3.69. The summed E-state index contributed by atoms with van der Waals surface area (Å²) in [6, 6.07) is 20.1. The van der Waals surface area contributed by atoms with E-state index < -0.39 is 39.5 Å². The van der Waals surface area contributed by atoms with Crippen molar-refractivity contribution in [3.63, 3.8) is 0 Å². The molecule has 0 fully saturated rings. The standard InChI is InChI=1S/C31H23ClF6N2O4S2/c1-44-20-9-11-21(12-10-20)46(42,43)40-17-24(22-6-2-3-8-25(22)32)27-15-18-5-4-7-23(28(18)45-27)26-16-19(13-14-39-26)29(41,30(33,34)35)31(36,37)38/h2-16,24,40-41H,17H2,1H3. The third kappa shape index (κ3) is 6.32. The van der Waals surface area contributed by atoms with E-state index in [1.807, 2.05) is 0 Å². The van der Waals surface area contributed by atoms with E-state index in [0.29, 0.717) is 43.4 Å². The minimum Gasteiger partial charge on any atom is -0.497 e. The van der Waals surface area contributed by atoms with Gasteiger partial charge >= 0.3 is 12.4 Å². The first-order valence-corrected chi connectivity index (χ1v) is 16.0. The maximum Gasteiger partial charge on any atom is 0.430 e. The molecular weight excluding hydrogens is 678 g/mol. The van der Waals surface area contributed by atoms with Crippen molar-refractivity contribution >= 4 is 43.0 Å². The van der Waals surface area contributed by atoms with Crippen molar-refractivity contribution in [3.8, 4) is 17.0 Å². The lowest BCUT2D eigenvalue weighted by Gasteiger charge is -2.32. The van der Waals surface area contributed by atoms with Gasteiger partial charge in [0.25, 0.3) is 5.60 Å². The van der Waals surface area contributed by atoms with Crippen molar-refractivity contribution in [3.05, 3.63) is 112 Å². The average Bonchev–Trinajstić information content (AvgIpc) is 3.45. The number of thiophene rings is 1. The van der Waals surface area contributed by atoms with Crippen LogP contribution in [0.25, 0.3) is 21.3 Å². The summed E-state index contributed by atoms with van der Waals surface area (Å²) >= 11 is 7.67.